The molecule has 2 saturated carbocycles. The second kappa shape index (κ2) is 73.4. The molecule has 0 bridgehead atoms. The normalized spacial score (nSPS) is 19.4. The van der Waals surface area contributed by atoms with Crippen LogP contribution in [-0.2, 0) is 28.4 Å². The fourth-order valence-electron chi connectivity index (χ4n) is 17.7. The number of aliphatic hydroxyl groups is 2. The maximum absolute atomic E-state index is 12.2. The van der Waals surface area contributed by atoms with Crippen LogP contribution >= 0.6 is 0 Å². The van der Waals surface area contributed by atoms with E-state index in [1.165, 1.54) is 161 Å². The molecular weight excluding hydrogens is 1650 g/mol. The standard InChI is InChI=1S/C12H27NO2.C11H25NO.C11H23N.2C10H20O.C10H20.C9H18O.C8H19N.C8H16O.2C8H18.C7H14F2.C7H16O/c1-12(2,3)6-7-13(8-10-14-4)9-11-15-5;1-5-7-12(9-10-13)8-6-11(2,3)4;1-10(9-11(2,3)4)12-7-5-6-8-12;1-10(2,3)7-9-5-4-6-11-8-9;1-10(2,3)8-9-6-4-5-7-11-9;1-10(2,3)8-9-6-4-5-7-9;1-9(2,3)7-8-5-4-6-10-8;1-7(2)9(6)8(3,4)5;1-8(2,3)6-4-7(9)5-6;2*1-7(2)6-8(3,4)5;1-6(2,3)5-7(4,8)9;1-7(2,3)5-6-8-4/h6-11H2,1-5H3;13H,5-10H2,1-4H3;10H,5-9H2,1-4H3;2*9H,4-8H2,1-3H3;9H,4-8H2,1-3H3;8H,4-7H2,1-3H3;7H,1-6H3;6-7,9H,4-5H2,1-3H3;2*7H,6H2,1-5H3;5H2,1-4H3;5-6H2,1-4H3. The quantitative estimate of drug-likeness (QED) is 0.0861. The molecule has 0 aromatic heterocycles. The molecule has 812 valence electrons. The maximum atomic E-state index is 12.2. The lowest BCUT2D eigenvalue weighted by atomic mass is 9.67. The van der Waals surface area contributed by atoms with Crippen LogP contribution in [0.3, 0.4) is 0 Å². The van der Waals surface area contributed by atoms with Gasteiger partial charge >= 0.3 is 0 Å². The summed E-state index contributed by atoms with van der Waals surface area (Å²) in [7, 11) is 7.40. The summed E-state index contributed by atoms with van der Waals surface area (Å²) in [5.41, 5.74) is 5.14. The first-order valence-electron chi connectivity index (χ1n) is 54.6. The van der Waals surface area contributed by atoms with E-state index >= 15 is 0 Å². The van der Waals surface area contributed by atoms with Crippen LogP contribution in [0.5, 0.6) is 0 Å². The molecule has 0 spiro atoms. The van der Waals surface area contributed by atoms with Crippen LogP contribution in [0.1, 0.15) is 506 Å². The van der Waals surface area contributed by atoms with Crippen LogP contribution in [0, 0.1) is 94.6 Å². The Kier molecular flexibility index (Phi) is 80.3. The first kappa shape index (κ1) is 145. The zero-order valence-corrected chi connectivity index (χ0v) is 101. The summed E-state index contributed by atoms with van der Waals surface area (Å²) in [4.78, 5) is 9.72. The minimum absolute atomic E-state index is 0.00854. The van der Waals surface area contributed by atoms with Crippen molar-refractivity contribution < 1.29 is 47.4 Å². The highest BCUT2D eigenvalue weighted by atomic mass is 19.3. The number of ether oxygens (including phenoxy) is 6. The Morgan fingerprint density at radius 2 is 0.737 bits per heavy atom. The second-order valence-electron chi connectivity index (χ2n) is 57.8. The van der Waals surface area contributed by atoms with E-state index < -0.39 is 5.92 Å². The van der Waals surface area contributed by atoms with Crippen molar-refractivity contribution in [1.29, 1.82) is 0 Å². The highest BCUT2D eigenvalue weighted by molar-refractivity contribution is 4.87. The minimum Gasteiger partial charge on any atom is -0.395 e. The number of nitrogens with zero attached hydrogens (tertiary/aromatic N) is 4. The number of rotatable bonds is 26. The fourth-order valence-corrected chi connectivity index (χ4v) is 17.7. The largest absolute Gasteiger partial charge is 0.395 e. The monoisotopic (exact) mass is 1910 g/mol. The zero-order valence-electron chi connectivity index (χ0n) is 101. The molecule has 14 heteroatoms. The number of hydrogen-bond donors (Lipinski definition) is 2. The number of hydrogen-bond acceptors (Lipinski definition) is 12. The average Bonchev–Trinajstić information content (AvgIpc) is 1.82. The Balaban J connectivity index is -0.000000260. The van der Waals surface area contributed by atoms with E-state index in [9.17, 15) is 8.78 Å². The van der Waals surface area contributed by atoms with Crippen molar-refractivity contribution in [2.75, 3.05) is 134 Å². The van der Waals surface area contributed by atoms with E-state index in [-0.39, 0.29) is 24.5 Å². The zero-order chi connectivity index (χ0) is 106. The molecule has 2 N–H and O–H groups in total. The summed E-state index contributed by atoms with van der Waals surface area (Å²) in [6.07, 6.45) is 34.9. The highest BCUT2D eigenvalue weighted by Gasteiger charge is 2.36. The van der Waals surface area contributed by atoms with Gasteiger partial charge in [-0.15, -0.1) is 0 Å². The lowest BCUT2D eigenvalue weighted by molar-refractivity contribution is -0.0169. The Morgan fingerprint density at radius 3 is 0.970 bits per heavy atom. The van der Waals surface area contributed by atoms with Crippen molar-refractivity contribution in [3.63, 3.8) is 0 Å². The molecule has 6 rings (SSSR count). The highest BCUT2D eigenvalue weighted by Crippen LogP contribution is 2.42. The van der Waals surface area contributed by atoms with Crippen molar-refractivity contribution in [1.82, 2.24) is 19.6 Å². The summed E-state index contributed by atoms with van der Waals surface area (Å²) in [5.74, 6) is 1.80. The van der Waals surface area contributed by atoms with Crippen molar-refractivity contribution in [3.8, 4) is 0 Å². The molecule has 12 nitrogen and oxygen atoms in total. The van der Waals surface area contributed by atoms with E-state index in [0.717, 1.165) is 147 Å². The van der Waals surface area contributed by atoms with Crippen molar-refractivity contribution in [2.45, 2.75) is 548 Å². The average molecular weight is 1910 g/mol. The molecule has 0 amide bonds. The molecule has 6 aliphatic rings. The SMILES string of the molecule is CC(C)(C)C1CC(O)C1.CC(C)(C)CC(C)(F)F.CC(C)(C)CC1CCCC1.CC(C)(C)CC1CCCCO1.CC(C)(C)CC1CCCO1.CC(C)(C)CC1CCCOC1.CC(C)CC(C)(C)C.CC(C)CC(C)(C)C.CC(C)N(C)C(C)(C)C.CC(CC(C)(C)C)N1CCCC1.CCCN(CCO)CCC(C)(C)C.COCCC(C)(C)C.COCCN(CCOC)CCC(C)(C)C. The molecule has 4 unspecified atom stereocenters. The van der Waals surface area contributed by atoms with E-state index in [1.807, 2.05) is 20.8 Å². The van der Waals surface area contributed by atoms with E-state index in [0.29, 0.717) is 83.4 Å². The first-order chi connectivity index (χ1) is 59.7. The smallest absolute Gasteiger partial charge is 0.245 e. The summed E-state index contributed by atoms with van der Waals surface area (Å²) < 4.78 is 56.2. The summed E-state index contributed by atoms with van der Waals surface area (Å²) in [5, 5.41) is 17.8. The van der Waals surface area contributed by atoms with Crippen molar-refractivity contribution in [3.05, 3.63) is 0 Å². The van der Waals surface area contributed by atoms with Gasteiger partial charge < -0.3 is 48.4 Å². The molecule has 4 saturated heterocycles. The molecule has 4 atom stereocenters. The first-order valence-corrected chi connectivity index (χ1v) is 54.6. The van der Waals surface area contributed by atoms with Gasteiger partial charge in [0.2, 0.25) is 5.92 Å². The molecule has 0 radical (unpaired) electrons. The molecule has 133 heavy (non-hydrogen) atoms. The van der Waals surface area contributed by atoms with Gasteiger partial charge in [-0.1, -0.05) is 310 Å². The Bertz CT molecular complexity index is 2410. The third kappa shape index (κ3) is 118. The number of halogens is 2. The molecule has 6 fully saturated rings. The molecular formula is C119H254F2N4O8. The number of aliphatic hydroxyl groups excluding tert-OH is 2. The third-order valence-electron chi connectivity index (χ3n) is 23.8. The minimum atomic E-state index is -2.52. The van der Waals surface area contributed by atoms with Gasteiger partial charge in [-0.3, -0.25) is 9.80 Å². The molecule has 0 aromatic rings. The van der Waals surface area contributed by atoms with Crippen LogP contribution in [0.25, 0.3) is 0 Å². The lowest BCUT2D eigenvalue weighted by Crippen LogP contribution is -2.42. The molecule has 2 aliphatic carbocycles. The number of likely N-dealkylation sites (tertiary alicyclic amines) is 1. The van der Waals surface area contributed by atoms with Gasteiger partial charge in [-0.2, -0.15) is 0 Å². The third-order valence-corrected chi connectivity index (χ3v) is 23.8. The number of alkyl halides is 2. The van der Waals surface area contributed by atoms with Crippen molar-refractivity contribution >= 4 is 0 Å². The Morgan fingerprint density at radius 1 is 0.383 bits per heavy atom. The van der Waals surface area contributed by atoms with Gasteiger partial charge in [0, 0.05) is 98.0 Å². The van der Waals surface area contributed by atoms with Crippen LogP contribution in [-0.4, -0.2) is 205 Å². The van der Waals surface area contributed by atoms with Crippen LogP contribution in [0.4, 0.5) is 8.78 Å². The predicted molar refractivity (Wildman–Crippen MR) is 590 cm³/mol. The molecule has 4 aliphatic heterocycles. The van der Waals surface area contributed by atoms with Crippen LogP contribution in [0.15, 0.2) is 0 Å². The van der Waals surface area contributed by atoms with Gasteiger partial charge in [0.15, 0.2) is 0 Å². The number of methoxy groups -OCH3 is 3. The van der Waals surface area contributed by atoms with Gasteiger partial charge in [-0.05, 0) is 324 Å². The van der Waals surface area contributed by atoms with Crippen LogP contribution < -0.4 is 0 Å². The van der Waals surface area contributed by atoms with Gasteiger partial charge in [0.1, 0.15) is 0 Å². The molecule has 4 heterocycles. The van der Waals surface area contributed by atoms with E-state index in [4.69, 9.17) is 38.6 Å². The Hall–Kier alpha value is -0.620. The summed E-state index contributed by atoms with van der Waals surface area (Å²) in [6.45, 7) is 122. The molecule has 0 aromatic carbocycles. The van der Waals surface area contributed by atoms with Crippen molar-refractivity contribution in [2.24, 2.45) is 94.6 Å². The fraction of sp³-hybridized carbons (Fsp3) is 1.00. The van der Waals surface area contributed by atoms with E-state index in [2.05, 4.69) is 331 Å². The topological polar surface area (TPSA) is 109 Å². The lowest BCUT2D eigenvalue weighted by Gasteiger charge is -2.41. The summed E-state index contributed by atoms with van der Waals surface area (Å²) in [6, 6.07) is 1.43. The second-order valence-corrected chi connectivity index (χ2v) is 57.8. The van der Waals surface area contributed by atoms with Gasteiger partial charge in [0.25, 0.3) is 0 Å². The van der Waals surface area contributed by atoms with E-state index in [1.54, 1.807) is 21.3 Å². The predicted octanol–water partition coefficient (Wildman–Crippen LogP) is 34.3. The summed E-state index contributed by atoms with van der Waals surface area (Å²) >= 11 is 0. The Labute approximate surface area is 837 Å². The van der Waals surface area contributed by atoms with Gasteiger partial charge in [-0.25, -0.2) is 8.78 Å². The van der Waals surface area contributed by atoms with Crippen LogP contribution in [0.2, 0.25) is 0 Å². The maximum Gasteiger partial charge on any atom is 0.245 e. The van der Waals surface area contributed by atoms with Gasteiger partial charge in [0.05, 0.1) is 38.1 Å².